The van der Waals surface area contributed by atoms with Gasteiger partial charge in [-0.25, -0.2) is 0 Å². The second kappa shape index (κ2) is 9.17. The van der Waals surface area contributed by atoms with Crippen molar-refractivity contribution in [3.05, 3.63) is 0 Å². The van der Waals surface area contributed by atoms with Gasteiger partial charge in [0.25, 0.3) is 0 Å². The number of unbranched alkanes of at least 4 members (excludes halogenated alkanes) is 1. The minimum Gasteiger partial charge on any atom is -0.312 e. The van der Waals surface area contributed by atoms with Gasteiger partial charge >= 0.3 is 0 Å². The SMILES string of the molecule is CCCCN(C)C(C)C(CC)NCCC. The van der Waals surface area contributed by atoms with Crippen molar-refractivity contribution in [2.75, 3.05) is 20.1 Å². The van der Waals surface area contributed by atoms with Crippen LogP contribution in [0.3, 0.4) is 0 Å². The minimum atomic E-state index is 0.645. The Bertz CT molecular complexity index is 136. The molecule has 2 heteroatoms. The minimum absolute atomic E-state index is 0.645. The fourth-order valence-electron chi connectivity index (χ4n) is 1.90. The molecule has 0 aliphatic carbocycles. The van der Waals surface area contributed by atoms with Crippen LogP contribution in [0.1, 0.15) is 53.4 Å². The summed E-state index contributed by atoms with van der Waals surface area (Å²) in [6, 6.07) is 1.29. The molecule has 0 rings (SSSR count). The van der Waals surface area contributed by atoms with E-state index in [9.17, 15) is 0 Å². The van der Waals surface area contributed by atoms with Crippen LogP contribution in [-0.4, -0.2) is 37.1 Å². The zero-order valence-electron chi connectivity index (χ0n) is 11.3. The first kappa shape index (κ1) is 14.9. The molecule has 0 bridgehead atoms. The molecule has 0 fully saturated rings. The van der Waals surface area contributed by atoms with Gasteiger partial charge < -0.3 is 10.2 Å². The Morgan fingerprint density at radius 2 is 1.80 bits per heavy atom. The number of hydrogen-bond donors (Lipinski definition) is 1. The fourth-order valence-corrected chi connectivity index (χ4v) is 1.90. The normalized spacial score (nSPS) is 15.6. The van der Waals surface area contributed by atoms with Crippen molar-refractivity contribution in [3.8, 4) is 0 Å². The second-order valence-corrected chi connectivity index (χ2v) is 4.54. The van der Waals surface area contributed by atoms with Gasteiger partial charge in [-0.1, -0.05) is 27.2 Å². The summed E-state index contributed by atoms with van der Waals surface area (Å²) in [7, 11) is 2.25. The zero-order valence-corrected chi connectivity index (χ0v) is 11.3. The predicted molar refractivity (Wildman–Crippen MR) is 69.4 cm³/mol. The zero-order chi connectivity index (χ0) is 11.7. The molecule has 1 N–H and O–H groups in total. The number of likely N-dealkylation sites (N-methyl/N-ethyl adjacent to an activating group) is 1. The largest absolute Gasteiger partial charge is 0.312 e. The molecule has 15 heavy (non-hydrogen) atoms. The molecule has 2 atom stereocenters. The molecule has 0 aromatic heterocycles. The molecule has 92 valence electrons. The highest BCUT2D eigenvalue weighted by molar-refractivity contribution is 4.78. The molecule has 0 aliphatic rings. The Morgan fingerprint density at radius 3 is 2.27 bits per heavy atom. The molecular weight excluding hydrogens is 184 g/mol. The molecule has 0 aliphatic heterocycles. The number of nitrogens with one attached hydrogen (secondary N) is 1. The Labute approximate surface area is 96.4 Å². The topological polar surface area (TPSA) is 15.3 Å². The molecule has 0 amide bonds. The van der Waals surface area contributed by atoms with Crippen molar-refractivity contribution in [1.29, 1.82) is 0 Å². The summed E-state index contributed by atoms with van der Waals surface area (Å²) < 4.78 is 0. The molecule has 0 radical (unpaired) electrons. The third kappa shape index (κ3) is 6.16. The molecule has 0 saturated carbocycles. The summed E-state index contributed by atoms with van der Waals surface area (Å²) in [5, 5.41) is 3.63. The van der Waals surface area contributed by atoms with Gasteiger partial charge in [-0.05, 0) is 46.3 Å². The Morgan fingerprint density at radius 1 is 1.13 bits per heavy atom. The van der Waals surface area contributed by atoms with E-state index in [-0.39, 0.29) is 0 Å². The summed E-state index contributed by atoms with van der Waals surface area (Å²) in [6.07, 6.45) is 5.04. The number of hydrogen-bond acceptors (Lipinski definition) is 2. The van der Waals surface area contributed by atoms with Crippen molar-refractivity contribution < 1.29 is 0 Å². The van der Waals surface area contributed by atoms with E-state index >= 15 is 0 Å². The number of nitrogens with zero attached hydrogens (tertiary/aromatic N) is 1. The molecule has 0 aromatic carbocycles. The van der Waals surface area contributed by atoms with E-state index in [1.165, 1.54) is 32.2 Å². The lowest BCUT2D eigenvalue weighted by molar-refractivity contribution is 0.200. The lowest BCUT2D eigenvalue weighted by Gasteiger charge is -2.32. The van der Waals surface area contributed by atoms with Crippen LogP contribution < -0.4 is 5.32 Å². The third-order valence-corrected chi connectivity index (χ3v) is 3.24. The van der Waals surface area contributed by atoms with Crippen LogP contribution in [0, 0.1) is 0 Å². The molecular formula is C13H30N2. The summed E-state index contributed by atoms with van der Waals surface area (Å²) in [5.74, 6) is 0. The van der Waals surface area contributed by atoms with E-state index in [1.807, 2.05) is 0 Å². The van der Waals surface area contributed by atoms with Crippen molar-refractivity contribution in [3.63, 3.8) is 0 Å². The maximum atomic E-state index is 3.63. The fraction of sp³-hybridized carbons (Fsp3) is 1.00. The Balaban J connectivity index is 3.93. The summed E-state index contributed by atoms with van der Waals surface area (Å²) >= 11 is 0. The lowest BCUT2D eigenvalue weighted by Crippen LogP contribution is -2.47. The molecule has 0 spiro atoms. The highest BCUT2D eigenvalue weighted by atomic mass is 15.2. The molecule has 2 nitrogen and oxygen atoms in total. The molecule has 0 heterocycles. The average molecular weight is 214 g/mol. The Kier molecular flexibility index (Phi) is 9.12. The first-order valence-electron chi connectivity index (χ1n) is 6.60. The van der Waals surface area contributed by atoms with E-state index in [4.69, 9.17) is 0 Å². The first-order valence-corrected chi connectivity index (χ1v) is 6.60. The van der Waals surface area contributed by atoms with E-state index in [0.29, 0.717) is 12.1 Å². The second-order valence-electron chi connectivity index (χ2n) is 4.54. The van der Waals surface area contributed by atoms with Crippen molar-refractivity contribution >= 4 is 0 Å². The number of rotatable bonds is 9. The van der Waals surface area contributed by atoms with Gasteiger partial charge in [-0.3, -0.25) is 0 Å². The van der Waals surface area contributed by atoms with Crippen molar-refractivity contribution in [1.82, 2.24) is 10.2 Å². The van der Waals surface area contributed by atoms with Crippen LogP contribution in [-0.2, 0) is 0 Å². The maximum Gasteiger partial charge on any atom is 0.0217 e. The van der Waals surface area contributed by atoms with Crippen LogP contribution in [0.15, 0.2) is 0 Å². The molecule has 0 aromatic rings. The van der Waals surface area contributed by atoms with Gasteiger partial charge in [0.15, 0.2) is 0 Å². The molecule has 0 saturated heterocycles. The Hall–Kier alpha value is -0.0800. The van der Waals surface area contributed by atoms with Crippen molar-refractivity contribution in [2.24, 2.45) is 0 Å². The molecule has 2 unspecified atom stereocenters. The van der Waals surface area contributed by atoms with E-state index < -0.39 is 0 Å². The maximum absolute atomic E-state index is 3.63. The van der Waals surface area contributed by atoms with Crippen LogP contribution in [0.2, 0.25) is 0 Å². The van der Waals surface area contributed by atoms with Gasteiger partial charge in [0, 0.05) is 12.1 Å². The monoisotopic (exact) mass is 214 g/mol. The summed E-state index contributed by atoms with van der Waals surface area (Å²) in [4.78, 5) is 2.49. The first-order chi connectivity index (χ1) is 7.17. The van der Waals surface area contributed by atoms with Gasteiger partial charge in [0.05, 0.1) is 0 Å². The van der Waals surface area contributed by atoms with Gasteiger partial charge in [-0.2, -0.15) is 0 Å². The van der Waals surface area contributed by atoms with Gasteiger partial charge in [0.2, 0.25) is 0 Å². The van der Waals surface area contributed by atoms with Gasteiger partial charge in [-0.15, -0.1) is 0 Å². The van der Waals surface area contributed by atoms with E-state index in [0.717, 1.165) is 6.54 Å². The highest BCUT2D eigenvalue weighted by Gasteiger charge is 2.17. The van der Waals surface area contributed by atoms with Crippen LogP contribution in [0.5, 0.6) is 0 Å². The highest BCUT2D eigenvalue weighted by Crippen LogP contribution is 2.07. The smallest absolute Gasteiger partial charge is 0.0217 e. The quantitative estimate of drug-likeness (QED) is 0.635. The summed E-state index contributed by atoms with van der Waals surface area (Å²) in [5.41, 5.74) is 0. The average Bonchev–Trinajstić information content (AvgIpc) is 2.26. The van der Waals surface area contributed by atoms with E-state index in [2.05, 4.69) is 45.0 Å². The summed E-state index contributed by atoms with van der Waals surface area (Å²) in [6.45, 7) is 11.5. The predicted octanol–water partition coefficient (Wildman–Crippen LogP) is 2.89. The van der Waals surface area contributed by atoms with E-state index in [1.54, 1.807) is 0 Å². The van der Waals surface area contributed by atoms with Crippen LogP contribution in [0.25, 0.3) is 0 Å². The lowest BCUT2D eigenvalue weighted by atomic mass is 10.1. The standard InChI is InChI=1S/C13H30N2/c1-6-9-11-15(5)12(4)13(8-3)14-10-7-2/h12-14H,6-11H2,1-5H3. The van der Waals surface area contributed by atoms with Gasteiger partial charge in [0.1, 0.15) is 0 Å². The third-order valence-electron chi connectivity index (χ3n) is 3.24. The van der Waals surface area contributed by atoms with Crippen LogP contribution in [0.4, 0.5) is 0 Å². The van der Waals surface area contributed by atoms with Crippen LogP contribution >= 0.6 is 0 Å². The van der Waals surface area contributed by atoms with Crippen molar-refractivity contribution in [2.45, 2.75) is 65.5 Å².